The molecule has 5 atom stereocenters. The highest BCUT2D eigenvalue weighted by Gasteiger charge is 2.57. The van der Waals surface area contributed by atoms with Crippen LogP contribution in [0.4, 0.5) is 0 Å². The lowest BCUT2D eigenvalue weighted by atomic mass is 9.87. The fourth-order valence-corrected chi connectivity index (χ4v) is 3.50. The first kappa shape index (κ1) is 15.1. The average Bonchev–Trinajstić information content (AvgIpc) is 2.76. The summed E-state index contributed by atoms with van der Waals surface area (Å²) in [5.41, 5.74) is 0.673. The summed E-state index contributed by atoms with van der Waals surface area (Å²) in [4.78, 5) is 0. The molecule has 0 aromatic heterocycles. The van der Waals surface area contributed by atoms with Crippen molar-refractivity contribution in [3.63, 3.8) is 0 Å². The third-order valence-electron chi connectivity index (χ3n) is 5.94. The van der Waals surface area contributed by atoms with Gasteiger partial charge in [-0.25, -0.2) is 0 Å². The van der Waals surface area contributed by atoms with Gasteiger partial charge in [0.15, 0.2) is 0 Å². The molecule has 0 spiro atoms. The molecule has 0 heteroatoms. The summed E-state index contributed by atoms with van der Waals surface area (Å²) in [5, 5.41) is 0. The maximum Gasteiger partial charge on any atom is -0.0264 e. The topological polar surface area (TPSA) is 0 Å². The quantitative estimate of drug-likeness (QED) is 0.528. The van der Waals surface area contributed by atoms with E-state index in [0.717, 1.165) is 29.6 Å². The molecule has 0 aliphatic heterocycles. The van der Waals surface area contributed by atoms with Gasteiger partial charge < -0.3 is 0 Å². The highest BCUT2D eigenvalue weighted by Crippen LogP contribution is 2.64. The minimum Gasteiger partial charge on any atom is -0.0651 e. The molecule has 0 bridgehead atoms. The fraction of sp³-hybridized carbons (Fsp3) is 1.00. The molecule has 1 rings (SSSR count). The van der Waals surface area contributed by atoms with Crippen molar-refractivity contribution in [2.24, 2.45) is 35.0 Å². The van der Waals surface area contributed by atoms with Crippen LogP contribution < -0.4 is 0 Å². The van der Waals surface area contributed by atoms with E-state index in [9.17, 15) is 0 Å². The maximum atomic E-state index is 2.54. The summed E-state index contributed by atoms with van der Waals surface area (Å²) in [6, 6.07) is 0. The smallest absolute Gasteiger partial charge is 0.0264 e. The predicted octanol–water partition coefficient (Wildman–Crippen LogP) is 5.77. The highest BCUT2D eigenvalue weighted by atomic mass is 14.6. The van der Waals surface area contributed by atoms with Gasteiger partial charge in [-0.15, -0.1) is 0 Å². The van der Waals surface area contributed by atoms with Crippen LogP contribution in [0.25, 0.3) is 0 Å². The van der Waals surface area contributed by atoms with Crippen LogP contribution >= 0.6 is 0 Å². The van der Waals surface area contributed by atoms with E-state index in [1.165, 1.54) is 25.7 Å². The van der Waals surface area contributed by atoms with Crippen LogP contribution in [0.5, 0.6) is 0 Å². The van der Waals surface area contributed by atoms with Gasteiger partial charge in [0.2, 0.25) is 0 Å². The van der Waals surface area contributed by atoms with E-state index in [2.05, 4.69) is 48.5 Å². The van der Waals surface area contributed by atoms with Crippen molar-refractivity contribution in [3.05, 3.63) is 0 Å². The monoisotopic (exact) mass is 238 g/mol. The summed E-state index contributed by atoms with van der Waals surface area (Å²) in [6.07, 6.45) is 5.69. The van der Waals surface area contributed by atoms with E-state index in [0.29, 0.717) is 5.41 Å². The Bertz CT molecular complexity index is 230. The lowest BCUT2D eigenvalue weighted by Gasteiger charge is -2.18. The average molecular weight is 238 g/mol. The Labute approximate surface area is 110 Å². The molecular formula is C17H34. The van der Waals surface area contributed by atoms with Gasteiger partial charge in [0.05, 0.1) is 0 Å². The summed E-state index contributed by atoms with van der Waals surface area (Å²) in [5.74, 6) is 4.64. The molecule has 5 unspecified atom stereocenters. The first-order valence-electron chi connectivity index (χ1n) is 7.82. The number of hydrogen-bond donors (Lipinski definition) is 0. The van der Waals surface area contributed by atoms with Gasteiger partial charge in [0.25, 0.3) is 0 Å². The van der Waals surface area contributed by atoms with E-state index in [-0.39, 0.29) is 0 Å². The van der Waals surface area contributed by atoms with Gasteiger partial charge in [-0.3, -0.25) is 0 Å². The van der Waals surface area contributed by atoms with Gasteiger partial charge in [-0.1, -0.05) is 61.3 Å². The van der Waals surface area contributed by atoms with E-state index in [1.54, 1.807) is 0 Å². The zero-order valence-electron chi connectivity index (χ0n) is 13.2. The molecule has 0 radical (unpaired) electrons. The van der Waals surface area contributed by atoms with Crippen LogP contribution in [0.15, 0.2) is 0 Å². The van der Waals surface area contributed by atoms with Gasteiger partial charge in [0, 0.05) is 0 Å². The molecule has 102 valence electrons. The SMILES string of the molecule is CCC(C)CC1(C)C(C)C1CCC(C)C(C)C. The largest absolute Gasteiger partial charge is 0.0651 e. The molecule has 1 aliphatic carbocycles. The van der Waals surface area contributed by atoms with E-state index in [4.69, 9.17) is 0 Å². The molecule has 1 fully saturated rings. The zero-order chi connectivity index (χ0) is 13.2. The number of hydrogen-bond acceptors (Lipinski definition) is 0. The van der Waals surface area contributed by atoms with E-state index in [1.807, 2.05) is 0 Å². The molecule has 0 aromatic rings. The molecule has 0 aromatic carbocycles. The van der Waals surface area contributed by atoms with E-state index < -0.39 is 0 Å². The number of rotatable bonds is 7. The Balaban J connectivity index is 2.37. The Morgan fingerprint density at radius 1 is 1.12 bits per heavy atom. The summed E-state index contributed by atoms with van der Waals surface area (Å²) in [6.45, 7) is 16.9. The molecular weight excluding hydrogens is 204 g/mol. The highest BCUT2D eigenvalue weighted by molar-refractivity contribution is 5.05. The second-order valence-electron chi connectivity index (χ2n) is 7.42. The van der Waals surface area contributed by atoms with Crippen LogP contribution in [0, 0.1) is 35.0 Å². The minimum absolute atomic E-state index is 0.673. The van der Waals surface area contributed by atoms with Crippen molar-refractivity contribution < 1.29 is 0 Å². The third-order valence-corrected chi connectivity index (χ3v) is 5.94. The van der Waals surface area contributed by atoms with Gasteiger partial charge >= 0.3 is 0 Å². The predicted molar refractivity (Wildman–Crippen MR) is 78.1 cm³/mol. The van der Waals surface area contributed by atoms with Crippen molar-refractivity contribution in [1.82, 2.24) is 0 Å². The molecule has 0 amide bonds. The van der Waals surface area contributed by atoms with Crippen LogP contribution in [0.1, 0.15) is 74.1 Å². The van der Waals surface area contributed by atoms with Crippen LogP contribution in [-0.2, 0) is 0 Å². The lowest BCUT2D eigenvalue weighted by Crippen LogP contribution is -2.08. The second kappa shape index (κ2) is 5.76. The van der Waals surface area contributed by atoms with Crippen LogP contribution in [-0.4, -0.2) is 0 Å². The molecule has 0 N–H and O–H groups in total. The molecule has 0 heterocycles. The van der Waals surface area contributed by atoms with Gasteiger partial charge in [-0.2, -0.15) is 0 Å². The van der Waals surface area contributed by atoms with Crippen molar-refractivity contribution >= 4 is 0 Å². The normalized spacial score (nSPS) is 36.0. The summed E-state index contributed by atoms with van der Waals surface area (Å²) < 4.78 is 0. The Morgan fingerprint density at radius 2 is 1.71 bits per heavy atom. The van der Waals surface area contributed by atoms with Crippen molar-refractivity contribution in [1.29, 1.82) is 0 Å². The lowest BCUT2D eigenvalue weighted by molar-refractivity contribution is 0.322. The third kappa shape index (κ3) is 3.48. The fourth-order valence-electron chi connectivity index (χ4n) is 3.50. The van der Waals surface area contributed by atoms with Gasteiger partial charge in [0.1, 0.15) is 0 Å². The Hall–Kier alpha value is 0. The van der Waals surface area contributed by atoms with Crippen molar-refractivity contribution in [2.45, 2.75) is 74.1 Å². The van der Waals surface area contributed by atoms with Crippen molar-refractivity contribution in [2.75, 3.05) is 0 Å². The molecule has 0 nitrogen and oxygen atoms in total. The van der Waals surface area contributed by atoms with Gasteiger partial charge in [-0.05, 0) is 47.8 Å². The minimum atomic E-state index is 0.673. The summed E-state index contributed by atoms with van der Waals surface area (Å²) >= 11 is 0. The first-order chi connectivity index (χ1) is 7.82. The van der Waals surface area contributed by atoms with Crippen molar-refractivity contribution in [3.8, 4) is 0 Å². The maximum absolute atomic E-state index is 2.54. The molecule has 0 saturated heterocycles. The second-order valence-corrected chi connectivity index (χ2v) is 7.42. The van der Waals surface area contributed by atoms with Crippen LogP contribution in [0.2, 0.25) is 0 Å². The zero-order valence-corrected chi connectivity index (χ0v) is 13.2. The Kier molecular flexibility index (Phi) is 5.10. The Morgan fingerprint density at radius 3 is 2.18 bits per heavy atom. The summed E-state index contributed by atoms with van der Waals surface area (Å²) in [7, 11) is 0. The standard InChI is InChI=1S/C17H34/c1-8-13(4)11-17(7)15(6)16(17)10-9-14(5)12(2)3/h12-16H,8-11H2,1-7H3. The molecule has 17 heavy (non-hydrogen) atoms. The van der Waals surface area contributed by atoms with E-state index >= 15 is 0 Å². The molecule has 1 aliphatic rings. The first-order valence-corrected chi connectivity index (χ1v) is 7.82. The van der Waals surface area contributed by atoms with Crippen LogP contribution in [0.3, 0.4) is 0 Å². The molecule has 1 saturated carbocycles.